The molecule has 3 N–H and O–H groups in total. The average Bonchev–Trinajstić information content (AvgIpc) is 2.94. The molecule has 1 atom stereocenters. The molecule has 0 bridgehead atoms. The fraction of sp³-hybridized carbons (Fsp3) is 0.222. The summed E-state index contributed by atoms with van der Waals surface area (Å²) in [5.74, 6) is -0.175. The Hall–Kier alpha value is -2.87. The second-order valence-electron chi connectivity index (χ2n) is 6.10. The predicted octanol–water partition coefficient (Wildman–Crippen LogP) is 2.25. The van der Waals surface area contributed by atoms with Gasteiger partial charge in [0.1, 0.15) is 0 Å². The van der Waals surface area contributed by atoms with Gasteiger partial charge in [0.25, 0.3) is 5.91 Å². The first-order valence-corrected chi connectivity index (χ1v) is 9.98. The Bertz CT molecular complexity index is 896. The van der Waals surface area contributed by atoms with Gasteiger partial charge in [-0.1, -0.05) is 18.2 Å². The van der Waals surface area contributed by atoms with E-state index in [1.165, 1.54) is 0 Å². The van der Waals surface area contributed by atoms with E-state index in [9.17, 15) is 18.0 Å². The lowest BCUT2D eigenvalue weighted by molar-refractivity contribution is 0.102. The van der Waals surface area contributed by atoms with Gasteiger partial charge >= 0.3 is 6.03 Å². The van der Waals surface area contributed by atoms with Crippen molar-refractivity contribution in [2.75, 3.05) is 22.1 Å². The van der Waals surface area contributed by atoms with E-state index in [4.69, 9.17) is 0 Å². The monoisotopic (exact) mass is 373 g/mol. The van der Waals surface area contributed by atoms with Gasteiger partial charge < -0.3 is 16.0 Å². The lowest BCUT2D eigenvalue weighted by Crippen LogP contribution is -2.38. The summed E-state index contributed by atoms with van der Waals surface area (Å²) in [6.45, 7) is 0. The molecule has 136 valence electrons. The lowest BCUT2D eigenvalue weighted by atomic mass is 10.2. The summed E-state index contributed by atoms with van der Waals surface area (Å²) in [7, 11) is -3.04. The van der Waals surface area contributed by atoms with E-state index in [0.29, 0.717) is 23.4 Å². The maximum Gasteiger partial charge on any atom is 0.319 e. The molecule has 0 spiro atoms. The van der Waals surface area contributed by atoms with Crippen molar-refractivity contribution in [1.82, 2.24) is 5.32 Å². The molecular formula is C18H19N3O4S. The third-order valence-electron chi connectivity index (χ3n) is 4.00. The molecule has 1 aliphatic rings. The number of anilines is 2. The summed E-state index contributed by atoms with van der Waals surface area (Å²) in [6, 6.07) is 14.7. The standard InChI is InChI=1S/C18H19N3O4S/c22-17(19-14-4-2-1-3-5-14)13-6-8-15(9-7-13)20-18(23)21-16-10-11-26(24,25)12-16/h1-9,16H,10-12H2,(H,19,22)(H2,20,21,23)/t16-/m0/s1. The summed E-state index contributed by atoms with van der Waals surface area (Å²) >= 11 is 0. The van der Waals surface area contributed by atoms with Crippen LogP contribution in [0.25, 0.3) is 0 Å². The van der Waals surface area contributed by atoms with Gasteiger partial charge in [0.15, 0.2) is 9.84 Å². The number of carbonyl (C=O) groups excluding carboxylic acids is 2. The zero-order valence-corrected chi connectivity index (χ0v) is 14.8. The maximum atomic E-state index is 12.2. The summed E-state index contributed by atoms with van der Waals surface area (Å²) in [5, 5.41) is 8.06. The molecule has 1 saturated heterocycles. The molecule has 0 unspecified atom stereocenters. The van der Waals surface area contributed by atoms with Gasteiger partial charge in [-0.15, -0.1) is 0 Å². The highest BCUT2D eigenvalue weighted by atomic mass is 32.2. The summed E-state index contributed by atoms with van der Waals surface area (Å²) < 4.78 is 22.8. The van der Waals surface area contributed by atoms with Crippen LogP contribution in [-0.4, -0.2) is 37.9 Å². The van der Waals surface area contributed by atoms with E-state index in [2.05, 4.69) is 16.0 Å². The van der Waals surface area contributed by atoms with Crippen molar-refractivity contribution >= 4 is 33.2 Å². The Morgan fingerprint density at radius 1 is 0.885 bits per heavy atom. The van der Waals surface area contributed by atoms with Crippen molar-refractivity contribution in [3.05, 3.63) is 60.2 Å². The second-order valence-corrected chi connectivity index (χ2v) is 8.32. The lowest BCUT2D eigenvalue weighted by Gasteiger charge is -2.12. The van der Waals surface area contributed by atoms with Crippen molar-refractivity contribution in [3.63, 3.8) is 0 Å². The molecule has 8 heteroatoms. The Morgan fingerprint density at radius 3 is 2.15 bits per heavy atom. The van der Waals surface area contributed by atoms with Gasteiger partial charge in [0, 0.05) is 23.0 Å². The maximum absolute atomic E-state index is 12.2. The third-order valence-corrected chi connectivity index (χ3v) is 5.77. The topological polar surface area (TPSA) is 104 Å². The minimum Gasteiger partial charge on any atom is -0.334 e. The van der Waals surface area contributed by atoms with Crippen LogP contribution in [-0.2, 0) is 9.84 Å². The van der Waals surface area contributed by atoms with Crippen LogP contribution < -0.4 is 16.0 Å². The Kier molecular flexibility index (Phi) is 5.22. The first kappa shape index (κ1) is 17.9. The third kappa shape index (κ3) is 4.82. The number of sulfone groups is 1. The quantitative estimate of drug-likeness (QED) is 0.764. The van der Waals surface area contributed by atoms with Gasteiger partial charge in [0.2, 0.25) is 0 Å². The molecule has 0 aliphatic carbocycles. The second kappa shape index (κ2) is 7.57. The number of carbonyl (C=O) groups is 2. The van der Waals surface area contributed by atoms with E-state index >= 15 is 0 Å². The molecule has 3 rings (SSSR count). The minimum atomic E-state index is -3.04. The molecule has 0 saturated carbocycles. The molecule has 26 heavy (non-hydrogen) atoms. The number of hydrogen-bond donors (Lipinski definition) is 3. The van der Waals surface area contributed by atoms with E-state index in [1.807, 2.05) is 18.2 Å². The number of hydrogen-bond acceptors (Lipinski definition) is 4. The Balaban J connectivity index is 1.54. The Morgan fingerprint density at radius 2 is 1.54 bits per heavy atom. The average molecular weight is 373 g/mol. The largest absolute Gasteiger partial charge is 0.334 e. The van der Waals surface area contributed by atoms with Crippen molar-refractivity contribution < 1.29 is 18.0 Å². The van der Waals surface area contributed by atoms with E-state index in [0.717, 1.165) is 0 Å². The molecule has 0 aromatic heterocycles. The van der Waals surface area contributed by atoms with E-state index in [1.54, 1.807) is 36.4 Å². The number of amides is 3. The van der Waals surface area contributed by atoms with Gasteiger partial charge in [-0.3, -0.25) is 4.79 Å². The number of para-hydroxylation sites is 1. The van der Waals surface area contributed by atoms with Crippen LogP contribution in [0.5, 0.6) is 0 Å². The fourth-order valence-electron chi connectivity index (χ4n) is 2.69. The van der Waals surface area contributed by atoms with Gasteiger partial charge in [-0.25, -0.2) is 13.2 Å². The van der Waals surface area contributed by atoms with Crippen LogP contribution in [0.3, 0.4) is 0 Å². The van der Waals surface area contributed by atoms with Crippen molar-refractivity contribution in [2.45, 2.75) is 12.5 Å². The zero-order valence-electron chi connectivity index (χ0n) is 13.9. The molecular weight excluding hydrogens is 354 g/mol. The highest BCUT2D eigenvalue weighted by Crippen LogP contribution is 2.14. The van der Waals surface area contributed by atoms with Crippen LogP contribution in [0.1, 0.15) is 16.8 Å². The van der Waals surface area contributed by atoms with Gasteiger partial charge in [-0.05, 0) is 42.8 Å². The minimum absolute atomic E-state index is 0.0288. The number of nitrogens with one attached hydrogen (secondary N) is 3. The van der Waals surface area contributed by atoms with Crippen LogP contribution in [0.2, 0.25) is 0 Å². The molecule has 1 aliphatic heterocycles. The van der Waals surface area contributed by atoms with E-state index < -0.39 is 15.9 Å². The summed E-state index contributed by atoms with van der Waals surface area (Å²) in [4.78, 5) is 24.1. The molecule has 2 aromatic carbocycles. The first-order valence-electron chi connectivity index (χ1n) is 8.16. The molecule has 0 radical (unpaired) electrons. The van der Waals surface area contributed by atoms with Crippen LogP contribution in [0.4, 0.5) is 16.2 Å². The highest BCUT2D eigenvalue weighted by Gasteiger charge is 2.28. The number of urea groups is 1. The number of benzene rings is 2. The molecule has 1 fully saturated rings. The highest BCUT2D eigenvalue weighted by molar-refractivity contribution is 7.91. The van der Waals surface area contributed by atoms with Gasteiger partial charge in [-0.2, -0.15) is 0 Å². The predicted molar refractivity (Wildman–Crippen MR) is 100 cm³/mol. The van der Waals surface area contributed by atoms with Gasteiger partial charge in [0.05, 0.1) is 11.5 Å². The zero-order chi connectivity index (χ0) is 18.6. The molecule has 2 aromatic rings. The van der Waals surface area contributed by atoms with Crippen molar-refractivity contribution in [1.29, 1.82) is 0 Å². The smallest absolute Gasteiger partial charge is 0.319 e. The van der Waals surface area contributed by atoms with Crippen molar-refractivity contribution in [3.8, 4) is 0 Å². The molecule has 3 amide bonds. The Labute approximate surface area is 151 Å². The molecule has 1 heterocycles. The van der Waals surface area contributed by atoms with E-state index in [-0.39, 0.29) is 23.5 Å². The summed E-state index contributed by atoms with van der Waals surface area (Å²) in [5.41, 5.74) is 1.67. The van der Waals surface area contributed by atoms with Crippen LogP contribution >= 0.6 is 0 Å². The summed E-state index contributed by atoms with van der Waals surface area (Å²) in [6.07, 6.45) is 0.425. The number of rotatable bonds is 4. The first-order chi connectivity index (χ1) is 12.4. The van der Waals surface area contributed by atoms with Crippen molar-refractivity contribution in [2.24, 2.45) is 0 Å². The normalized spacial score (nSPS) is 18.1. The SMILES string of the molecule is O=C(Nc1ccc(C(=O)Nc2ccccc2)cc1)N[C@H]1CCS(=O)(=O)C1. The molecule has 7 nitrogen and oxygen atoms in total. The van der Waals surface area contributed by atoms with Crippen LogP contribution in [0.15, 0.2) is 54.6 Å². The fourth-order valence-corrected chi connectivity index (χ4v) is 4.36. The van der Waals surface area contributed by atoms with Crippen LogP contribution in [0, 0.1) is 0 Å².